The average Bonchev–Trinajstić information content (AvgIpc) is 2.75. The maximum atomic E-state index is 11.8. The van der Waals surface area contributed by atoms with Crippen LogP contribution < -0.4 is 10.6 Å². The number of nitrogens with one attached hydrogen (secondary N) is 2. The van der Waals surface area contributed by atoms with Gasteiger partial charge in [0, 0.05) is 18.5 Å². The number of nitrogens with zero attached hydrogens (tertiary/aromatic N) is 1. The third kappa shape index (κ3) is 2.61. The van der Waals surface area contributed by atoms with Gasteiger partial charge < -0.3 is 10.6 Å². The van der Waals surface area contributed by atoms with Crippen molar-refractivity contribution in [2.45, 2.75) is 12.5 Å². The van der Waals surface area contributed by atoms with Crippen molar-refractivity contribution in [3.8, 4) is 6.07 Å². The van der Waals surface area contributed by atoms with Crippen LogP contribution in [-0.2, 0) is 4.79 Å². The van der Waals surface area contributed by atoms with Gasteiger partial charge in [-0.2, -0.15) is 5.26 Å². The molecule has 1 unspecified atom stereocenters. The van der Waals surface area contributed by atoms with Crippen molar-refractivity contribution < 1.29 is 9.59 Å². The molecule has 0 radical (unpaired) electrons. The lowest BCUT2D eigenvalue weighted by Crippen LogP contribution is -2.36. The Bertz CT molecular complexity index is 487. The SMILES string of the molecule is N#Cc1ccc(C(=O)NC2CNC(=O)C2)cc1. The summed E-state index contributed by atoms with van der Waals surface area (Å²) in [7, 11) is 0. The predicted octanol–water partition coefficient (Wildman–Crippen LogP) is 0.177. The van der Waals surface area contributed by atoms with Crippen LogP contribution in [-0.4, -0.2) is 24.4 Å². The zero-order valence-electron chi connectivity index (χ0n) is 9.06. The van der Waals surface area contributed by atoms with Gasteiger partial charge in [0.15, 0.2) is 0 Å². The molecule has 2 rings (SSSR count). The van der Waals surface area contributed by atoms with Gasteiger partial charge in [0.25, 0.3) is 5.91 Å². The summed E-state index contributed by atoms with van der Waals surface area (Å²) in [4.78, 5) is 22.7. The molecule has 1 aliphatic heterocycles. The average molecular weight is 229 g/mol. The van der Waals surface area contributed by atoms with Crippen LogP contribution in [0.2, 0.25) is 0 Å². The summed E-state index contributed by atoms with van der Waals surface area (Å²) in [5.41, 5.74) is 1.00. The molecular weight excluding hydrogens is 218 g/mol. The molecule has 5 nitrogen and oxygen atoms in total. The summed E-state index contributed by atoms with van der Waals surface area (Å²) >= 11 is 0. The highest BCUT2D eigenvalue weighted by Gasteiger charge is 2.23. The summed E-state index contributed by atoms with van der Waals surface area (Å²) in [6.45, 7) is 0.473. The molecule has 2 amide bonds. The van der Waals surface area contributed by atoms with Crippen molar-refractivity contribution >= 4 is 11.8 Å². The Morgan fingerprint density at radius 2 is 2.12 bits per heavy atom. The van der Waals surface area contributed by atoms with Gasteiger partial charge in [-0.15, -0.1) is 0 Å². The second-order valence-corrected chi connectivity index (χ2v) is 3.87. The summed E-state index contributed by atoms with van der Waals surface area (Å²) in [6, 6.07) is 8.21. The standard InChI is InChI=1S/C12H11N3O2/c13-6-8-1-3-9(4-2-8)12(17)15-10-5-11(16)14-7-10/h1-4,10H,5,7H2,(H,14,16)(H,15,17). The molecule has 1 aromatic carbocycles. The van der Waals surface area contributed by atoms with Crippen LogP contribution in [0.4, 0.5) is 0 Å². The summed E-state index contributed by atoms with van der Waals surface area (Å²) in [5, 5.41) is 14.0. The van der Waals surface area contributed by atoms with Crippen LogP contribution in [0.3, 0.4) is 0 Å². The van der Waals surface area contributed by atoms with Gasteiger partial charge in [-0.3, -0.25) is 9.59 Å². The third-order valence-corrected chi connectivity index (χ3v) is 2.59. The first kappa shape index (κ1) is 11.1. The van der Waals surface area contributed by atoms with E-state index in [4.69, 9.17) is 5.26 Å². The molecule has 1 atom stereocenters. The molecule has 0 saturated carbocycles. The fraction of sp³-hybridized carbons (Fsp3) is 0.250. The van der Waals surface area contributed by atoms with Crippen LogP contribution >= 0.6 is 0 Å². The molecule has 1 aliphatic rings. The monoisotopic (exact) mass is 229 g/mol. The molecule has 5 heteroatoms. The molecule has 1 saturated heterocycles. The molecule has 0 spiro atoms. The zero-order chi connectivity index (χ0) is 12.3. The summed E-state index contributed by atoms with van der Waals surface area (Å²) < 4.78 is 0. The highest BCUT2D eigenvalue weighted by molar-refractivity contribution is 5.95. The van der Waals surface area contributed by atoms with E-state index < -0.39 is 0 Å². The second-order valence-electron chi connectivity index (χ2n) is 3.87. The van der Waals surface area contributed by atoms with Crippen LogP contribution in [0, 0.1) is 11.3 Å². The van der Waals surface area contributed by atoms with Gasteiger partial charge in [0.1, 0.15) is 0 Å². The first-order valence-corrected chi connectivity index (χ1v) is 5.27. The lowest BCUT2D eigenvalue weighted by atomic mass is 10.1. The Labute approximate surface area is 98.4 Å². The van der Waals surface area contributed by atoms with Gasteiger partial charge in [0.05, 0.1) is 17.7 Å². The van der Waals surface area contributed by atoms with Gasteiger partial charge in [-0.1, -0.05) is 0 Å². The lowest BCUT2D eigenvalue weighted by molar-refractivity contribution is -0.119. The van der Waals surface area contributed by atoms with Gasteiger partial charge in [0.2, 0.25) is 5.91 Å². The first-order valence-electron chi connectivity index (χ1n) is 5.27. The van der Waals surface area contributed by atoms with E-state index >= 15 is 0 Å². The van der Waals surface area contributed by atoms with E-state index in [0.29, 0.717) is 24.1 Å². The molecule has 17 heavy (non-hydrogen) atoms. The number of hydrogen-bond donors (Lipinski definition) is 2. The summed E-state index contributed by atoms with van der Waals surface area (Å²) in [6.07, 6.45) is 0.321. The number of rotatable bonds is 2. The second kappa shape index (κ2) is 4.66. The van der Waals surface area contributed by atoms with Crippen LogP contribution in [0.15, 0.2) is 24.3 Å². The Morgan fingerprint density at radius 3 is 2.65 bits per heavy atom. The molecule has 86 valence electrons. The number of nitriles is 1. The fourth-order valence-electron chi connectivity index (χ4n) is 1.67. The fourth-order valence-corrected chi connectivity index (χ4v) is 1.67. The minimum absolute atomic E-state index is 0.0462. The topological polar surface area (TPSA) is 82.0 Å². The van der Waals surface area contributed by atoms with Crippen molar-refractivity contribution in [1.29, 1.82) is 5.26 Å². The number of amides is 2. The molecule has 0 aromatic heterocycles. The number of carbonyl (C=O) groups is 2. The van der Waals surface area contributed by atoms with E-state index in [9.17, 15) is 9.59 Å². The van der Waals surface area contributed by atoms with Crippen molar-refractivity contribution in [3.63, 3.8) is 0 Å². The van der Waals surface area contributed by atoms with Crippen LogP contribution in [0.25, 0.3) is 0 Å². The number of hydrogen-bond acceptors (Lipinski definition) is 3. The van der Waals surface area contributed by atoms with E-state index in [0.717, 1.165) is 0 Å². The van der Waals surface area contributed by atoms with Crippen molar-refractivity contribution in [1.82, 2.24) is 10.6 Å². The van der Waals surface area contributed by atoms with E-state index in [1.807, 2.05) is 6.07 Å². The van der Waals surface area contributed by atoms with E-state index in [2.05, 4.69) is 10.6 Å². The van der Waals surface area contributed by atoms with E-state index in [1.165, 1.54) is 0 Å². The minimum Gasteiger partial charge on any atom is -0.354 e. The highest BCUT2D eigenvalue weighted by Crippen LogP contribution is 2.05. The molecule has 0 bridgehead atoms. The Kier molecular flexibility index (Phi) is 3.06. The van der Waals surface area contributed by atoms with Gasteiger partial charge >= 0.3 is 0 Å². The largest absolute Gasteiger partial charge is 0.354 e. The molecular formula is C12H11N3O2. The molecule has 1 heterocycles. The smallest absolute Gasteiger partial charge is 0.251 e. The quantitative estimate of drug-likeness (QED) is 0.758. The van der Waals surface area contributed by atoms with Crippen molar-refractivity contribution in [2.24, 2.45) is 0 Å². The third-order valence-electron chi connectivity index (χ3n) is 2.59. The molecule has 1 aromatic rings. The number of benzene rings is 1. The Morgan fingerprint density at radius 1 is 1.41 bits per heavy atom. The van der Waals surface area contributed by atoms with E-state index in [-0.39, 0.29) is 17.9 Å². The Hall–Kier alpha value is -2.35. The molecule has 1 fully saturated rings. The maximum absolute atomic E-state index is 11.8. The first-order chi connectivity index (χ1) is 8.19. The minimum atomic E-state index is -0.226. The number of carbonyl (C=O) groups excluding carboxylic acids is 2. The van der Waals surface area contributed by atoms with Gasteiger partial charge in [-0.25, -0.2) is 0 Å². The van der Waals surface area contributed by atoms with Crippen LogP contribution in [0.1, 0.15) is 22.3 Å². The zero-order valence-corrected chi connectivity index (χ0v) is 9.06. The Balaban J connectivity index is 2.00. The van der Waals surface area contributed by atoms with E-state index in [1.54, 1.807) is 24.3 Å². The molecule has 2 N–H and O–H groups in total. The maximum Gasteiger partial charge on any atom is 0.251 e. The predicted molar refractivity (Wildman–Crippen MR) is 60.0 cm³/mol. The lowest BCUT2D eigenvalue weighted by Gasteiger charge is -2.10. The van der Waals surface area contributed by atoms with Crippen molar-refractivity contribution in [3.05, 3.63) is 35.4 Å². The van der Waals surface area contributed by atoms with Crippen molar-refractivity contribution in [2.75, 3.05) is 6.54 Å². The molecule has 0 aliphatic carbocycles. The summed E-state index contributed by atoms with van der Waals surface area (Å²) in [5.74, 6) is -0.272. The normalized spacial score (nSPS) is 18.3. The van der Waals surface area contributed by atoms with Gasteiger partial charge in [-0.05, 0) is 24.3 Å². The van der Waals surface area contributed by atoms with Crippen LogP contribution in [0.5, 0.6) is 0 Å². The highest BCUT2D eigenvalue weighted by atomic mass is 16.2.